The molecule has 0 unspecified atom stereocenters. The van der Waals surface area contributed by atoms with Crippen LogP contribution < -0.4 is 14.8 Å². The number of para-hydroxylation sites is 1. The first-order valence-electron chi connectivity index (χ1n) is 6.57. The van der Waals surface area contributed by atoms with Crippen LogP contribution in [0.2, 0.25) is 0 Å². The van der Waals surface area contributed by atoms with Crippen LogP contribution in [0.5, 0.6) is 11.5 Å². The second-order valence-electron chi connectivity index (χ2n) is 4.53. The molecular weight excluding hydrogens is 254 g/mol. The van der Waals surface area contributed by atoms with Crippen LogP contribution in [0.1, 0.15) is 22.8 Å². The van der Waals surface area contributed by atoms with Gasteiger partial charge in [-0.3, -0.25) is 4.79 Å². The van der Waals surface area contributed by atoms with Crippen LogP contribution in [0.15, 0.2) is 42.5 Å². The van der Waals surface area contributed by atoms with E-state index < -0.39 is 0 Å². The average Bonchev–Trinajstić information content (AvgIpc) is 2.95. The Morgan fingerprint density at radius 2 is 1.95 bits per heavy atom. The molecule has 2 aromatic carbocycles. The molecule has 20 heavy (non-hydrogen) atoms. The maximum Gasteiger partial charge on any atom is 0.255 e. The second kappa shape index (κ2) is 5.25. The van der Waals surface area contributed by atoms with Crippen molar-refractivity contribution in [1.29, 1.82) is 0 Å². The molecule has 0 radical (unpaired) electrons. The third-order valence-corrected chi connectivity index (χ3v) is 3.28. The zero-order valence-corrected chi connectivity index (χ0v) is 11.2. The van der Waals surface area contributed by atoms with Gasteiger partial charge in [0.1, 0.15) is 0 Å². The Morgan fingerprint density at radius 3 is 2.80 bits per heavy atom. The van der Waals surface area contributed by atoms with E-state index in [4.69, 9.17) is 9.47 Å². The molecule has 0 atom stereocenters. The number of benzene rings is 2. The number of anilines is 1. The molecule has 0 saturated heterocycles. The van der Waals surface area contributed by atoms with Gasteiger partial charge < -0.3 is 14.8 Å². The summed E-state index contributed by atoms with van der Waals surface area (Å²) in [7, 11) is 0. The van der Waals surface area contributed by atoms with E-state index in [1.165, 1.54) is 0 Å². The number of carbonyl (C=O) groups is 1. The van der Waals surface area contributed by atoms with Gasteiger partial charge in [-0.1, -0.05) is 25.1 Å². The highest BCUT2D eigenvalue weighted by Crippen LogP contribution is 2.32. The van der Waals surface area contributed by atoms with Gasteiger partial charge in [-0.25, -0.2) is 0 Å². The van der Waals surface area contributed by atoms with Crippen LogP contribution >= 0.6 is 0 Å². The summed E-state index contributed by atoms with van der Waals surface area (Å²) in [5.74, 6) is 1.14. The van der Waals surface area contributed by atoms with E-state index in [0.717, 1.165) is 17.7 Å². The monoisotopic (exact) mass is 269 g/mol. The fourth-order valence-corrected chi connectivity index (χ4v) is 2.18. The van der Waals surface area contributed by atoms with E-state index in [1.54, 1.807) is 18.2 Å². The van der Waals surface area contributed by atoms with E-state index in [1.807, 2.05) is 24.3 Å². The fourth-order valence-electron chi connectivity index (χ4n) is 2.18. The summed E-state index contributed by atoms with van der Waals surface area (Å²) >= 11 is 0. The molecule has 0 saturated carbocycles. The lowest BCUT2D eigenvalue weighted by Gasteiger charge is -2.10. The molecule has 1 aliphatic heterocycles. The molecule has 0 aromatic heterocycles. The molecule has 2 aromatic rings. The summed E-state index contributed by atoms with van der Waals surface area (Å²) in [6.07, 6.45) is 0.873. The molecule has 0 spiro atoms. The summed E-state index contributed by atoms with van der Waals surface area (Å²) in [4.78, 5) is 12.3. The van der Waals surface area contributed by atoms with Crippen molar-refractivity contribution in [2.75, 3.05) is 12.1 Å². The third-order valence-electron chi connectivity index (χ3n) is 3.28. The van der Waals surface area contributed by atoms with Gasteiger partial charge in [-0.2, -0.15) is 0 Å². The first-order valence-corrected chi connectivity index (χ1v) is 6.57. The van der Waals surface area contributed by atoms with Gasteiger partial charge in [0.05, 0.1) is 0 Å². The standard InChI is InChI=1S/C16H15NO3/c1-2-11-5-3-4-6-13(11)17-16(18)12-7-8-14-15(9-12)20-10-19-14/h3-9H,2,10H2,1H3,(H,17,18). The van der Waals surface area contributed by atoms with Crippen molar-refractivity contribution in [2.24, 2.45) is 0 Å². The van der Waals surface area contributed by atoms with Crippen molar-refractivity contribution in [3.8, 4) is 11.5 Å². The van der Waals surface area contributed by atoms with Crippen LogP contribution in [0.25, 0.3) is 0 Å². The highest BCUT2D eigenvalue weighted by Gasteiger charge is 2.16. The number of amides is 1. The average molecular weight is 269 g/mol. The highest BCUT2D eigenvalue weighted by atomic mass is 16.7. The predicted octanol–water partition coefficient (Wildman–Crippen LogP) is 3.23. The second-order valence-corrected chi connectivity index (χ2v) is 4.53. The van der Waals surface area contributed by atoms with Gasteiger partial charge in [-0.05, 0) is 36.2 Å². The Labute approximate surface area is 117 Å². The van der Waals surface area contributed by atoms with Crippen molar-refractivity contribution in [3.63, 3.8) is 0 Å². The van der Waals surface area contributed by atoms with Crippen LogP contribution in [-0.2, 0) is 6.42 Å². The quantitative estimate of drug-likeness (QED) is 0.930. The number of rotatable bonds is 3. The first-order chi connectivity index (χ1) is 9.78. The van der Waals surface area contributed by atoms with E-state index in [-0.39, 0.29) is 12.7 Å². The maximum absolute atomic E-state index is 12.3. The molecule has 1 heterocycles. The van der Waals surface area contributed by atoms with Crippen molar-refractivity contribution in [1.82, 2.24) is 0 Å². The molecule has 1 amide bonds. The van der Waals surface area contributed by atoms with Gasteiger partial charge in [-0.15, -0.1) is 0 Å². The Morgan fingerprint density at radius 1 is 1.15 bits per heavy atom. The number of fused-ring (bicyclic) bond motifs is 1. The summed E-state index contributed by atoms with van der Waals surface area (Å²) < 4.78 is 10.5. The largest absolute Gasteiger partial charge is 0.454 e. The minimum absolute atomic E-state index is 0.149. The third kappa shape index (κ3) is 2.32. The van der Waals surface area contributed by atoms with E-state index in [2.05, 4.69) is 12.2 Å². The molecule has 4 heteroatoms. The van der Waals surface area contributed by atoms with E-state index in [9.17, 15) is 4.79 Å². The zero-order chi connectivity index (χ0) is 13.9. The Hall–Kier alpha value is -2.49. The summed E-state index contributed by atoms with van der Waals surface area (Å²) in [6, 6.07) is 13.0. The lowest BCUT2D eigenvalue weighted by molar-refractivity contribution is 0.102. The minimum atomic E-state index is -0.149. The predicted molar refractivity (Wildman–Crippen MR) is 76.3 cm³/mol. The number of hydrogen-bond donors (Lipinski definition) is 1. The van der Waals surface area contributed by atoms with Crippen molar-refractivity contribution >= 4 is 11.6 Å². The van der Waals surface area contributed by atoms with E-state index >= 15 is 0 Å². The number of nitrogens with one attached hydrogen (secondary N) is 1. The Bertz CT molecular complexity index is 652. The van der Waals surface area contributed by atoms with Crippen LogP contribution in [0.3, 0.4) is 0 Å². The fraction of sp³-hybridized carbons (Fsp3) is 0.188. The van der Waals surface area contributed by atoms with Crippen LogP contribution in [0.4, 0.5) is 5.69 Å². The number of ether oxygens (including phenoxy) is 2. The Kier molecular flexibility index (Phi) is 3.29. The van der Waals surface area contributed by atoms with Gasteiger partial charge >= 0.3 is 0 Å². The highest BCUT2D eigenvalue weighted by molar-refractivity contribution is 6.05. The van der Waals surface area contributed by atoms with Crippen molar-refractivity contribution < 1.29 is 14.3 Å². The topological polar surface area (TPSA) is 47.6 Å². The summed E-state index contributed by atoms with van der Waals surface area (Å²) in [6.45, 7) is 2.27. The van der Waals surface area contributed by atoms with Gasteiger partial charge in [0.15, 0.2) is 11.5 Å². The van der Waals surface area contributed by atoms with Gasteiger partial charge in [0.2, 0.25) is 6.79 Å². The van der Waals surface area contributed by atoms with Crippen LogP contribution in [-0.4, -0.2) is 12.7 Å². The molecule has 3 rings (SSSR count). The molecule has 1 aliphatic rings. The van der Waals surface area contributed by atoms with Gasteiger partial charge in [0.25, 0.3) is 5.91 Å². The SMILES string of the molecule is CCc1ccccc1NC(=O)c1ccc2c(c1)OCO2. The van der Waals surface area contributed by atoms with Crippen molar-refractivity contribution in [2.45, 2.75) is 13.3 Å². The number of hydrogen-bond acceptors (Lipinski definition) is 3. The molecule has 0 bridgehead atoms. The number of aryl methyl sites for hydroxylation is 1. The first kappa shape index (κ1) is 12.5. The summed E-state index contributed by atoms with van der Waals surface area (Å²) in [5, 5.41) is 2.93. The zero-order valence-electron chi connectivity index (χ0n) is 11.2. The molecule has 1 N–H and O–H groups in total. The molecule has 0 aliphatic carbocycles. The molecular formula is C16H15NO3. The van der Waals surface area contributed by atoms with Crippen LogP contribution in [0, 0.1) is 0 Å². The van der Waals surface area contributed by atoms with Crippen molar-refractivity contribution in [3.05, 3.63) is 53.6 Å². The molecule has 0 fully saturated rings. The number of carbonyl (C=O) groups excluding carboxylic acids is 1. The molecule has 102 valence electrons. The maximum atomic E-state index is 12.3. The van der Waals surface area contributed by atoms with Gasteiger partial charge in [0, 0.05) is 11.3 Å². The lowest BCUT2D eigenvalue weighted by Crippen LogP contribution is -2.13. The normalized spacial score (nSPS) is 12.2. The summed E-state index contributed by atoms with van der Waals surface area (Å²) in [5.41, 5.74) is 2.51. The minimum Gasteiger partial charge on any atom is -0.454 e. The van der Waals surface area contributed by atoms with E-state index in [0.29, 0.717) is 17.1 Å². The lowest BCUT2D eigenvalue weighted by atomic mass is 10.1. The Balaban J connectivity index is 1.83. The molecule has 4 nitrogen and oxygen atoms in total. The smallest absolute Gasteiger partial charge is 0.255 e.